The number of aromatic nitrogens is 3. The molecule has 0 spiro atoms. The molecule has 3 aromatic rings. The molecular formula is C23H18ClF3N4O2. The Morgan fingerprint density at radius 3 is 2.64 bits per heavy atom. The third-order valence-corrected chi connectivity index (χ3v) is 5.43. The number of methoxy groups -OCH3 is 1. The van der Waals surface area contributed by atoms with Gasteiger partial charge in [0.25, 0.3) is 5.91 Å². The van der Waals surface area contributed by atoms with Crippen LogP contribution < -0.4 is 16.0 Å². The Morgan fingerprint density at radius 1 is 1.21 bits per heavy atom. The number of imidazole rings is 1. The Bertz CT molecular complexity index is 1380. The summed E-state index contributed by atoms with van der Waals surface area (Å²) in [7, 11) is 1.44. The quantitative estimate of drug-likeness (QED) is 0.620. The van der Waals surface area contributed by atoms with E-state index in [0.717, 1.165) is 10.1 Å². The summed E-state index contributed by atoms with van der Waals surface area (Å²) in [5.74, 6) is -0.872. The van der Waals surface area contributed by atoms with Gasteiger partial charge in [-0.3, -0.25) is 9.36 Å². The van der Waals surface area contributed by atoms with Crippen molar-refractivity contribution in [1.82, 2.24) is 14.5 Å². The molecule has 0 fully saturated rings. The van der Waals surface area contributed by atoms with E-state index in [4.69, 9.17) is 16.3 Å². The van der Waals surface area contributed by atoms with Gasteiger partial charge < -0.3 is 10.1 Å². The molecule has 1 aromatic carbocycles. The molecule has 0 aliphatic heterocycles. The summed E-state index contributed by atoms with van der Waals surface area (Å²) in [4.78, 5) is 20.4. The number of carbonyl (C=O) groups is 1. The van der Waals surface area contributed by atoms with Crippen LogP contribution in [0.3, 0.4) is 0 Å². The molecular weight excluding hydrogens is 457 g/mol. The Hall–Kier alpha value is -3.59. The predicted molar refractivity (Wildman–Crippen MR) is 118 cm³/mol. The first-order chi connectivity index (χ1) is 15.7. The molecule has 1 aliphatic rings. The minimum absolute atomic E-state index is 0.142. The van der Waals surface area contributed by atoms with Crippen LogP contribution in [0.5, 0.6) is 0 Å². The lowest BCUT2D eigenvalue weighted by Gasteiger charge is -2.12. The molecule has 1 aliphatic carbocycles. The average Bonchev–Trinajstić information content (AvgIpc) is 3.01. The minimum Gasteiger partial charge on any atom is -0.497 e. The summed E-state index contributed by atoms with van der Waals surface area (Å²) in [6.45, 7) is 1.78. The van der Waals surface area contributed by atoms with E-state index < -0.39 is 17.9 Å². The fourth-order valence-electron chi connectivity index (χ4n) is 3.39. The Kier molecular flexibility index (Phi) is 5.99. The number of amides is 1. The van der Waals surface area contributed by atoms with Crippen LogP contribution in [0.1, 0.15) is 28.2 Å². The number of anilines is 1. The smallest absolute Gasteiger partial charge is 0.450 e. The summed E-state index contributed by atoms with van der Waals surface area (Å²) in [5, 5.41) is 3.59. The number of hydrogen-bond acceptors (Lipinski definition) is 4. The van der Waals surface area contributed by atoms with Gasteiger partial charge in [-0.1, -0.05) is 17.7 Å². The van der Waals surface area contributed by atoms with Gasteiger partial charge in [-0.15, -0.1) is 0 Å². The number of carbonyl (C=O) groups excluding carboxylic acids is 1. The molecule has 4 rings (SSSR count). The highest BCUT2D eigenvalue weighted by Gasteiger charge is 2.37. The van der Waals surface area contributed by atoms with Crippen molar-refractivity contribution >= 4 is 35.5 Å². The number of nitrogens with one attached hydrogen (secondary N) is 1. The zero-order chi connectivity index (χ0) is 23.8. The molecule has 170 valence electrons. The molecule has 1 amide bonds. The van der Waals surface area contributed by atoms with Crippen LogP contribution in [-0.4, -0.2) is 27.6 Å². The van der Waals surface area contributed by atoms with Crippen LogP contribution in [-0.2, 0) is 10.9 Å². The lowest BCUT2D eigenvalue weighted by Crippen LogP contribution is -2.30. The van der Waals surface area contributed by atoms with E-state index in [2.05, 4.69) is 15.3 Å². The van der Waals surface area contributed by atoms with Crippen molar-refractivity contribution in [3.63, 3.8) is 0 Å². The minimum atomic E-state index is -4.69. The maximum absolute atomic E-state index is 13.8. The van der Waals surface area contributed by atoms with Gasteiger partial charge in [0.1, 0.15) is 11.6 Å². The number of halogens is 4. The van der Waals surface area contributed by atoms with Crippen molar-refractivity contribution < 1.29 is 22.7 Å². The molecule has 0 atom stereocenters. The van der Waals surface area contributed by atoms with Crippen molar-refractivity contribution in [2.75, 3.05) is 12.4 Å². The third-order valence-electron chi connectivity index (χ3n) is 5.01. The first-order valence-electron chi connectivity index (χ1n) is 9.83. The molecule has 0 saturated heterocycles. The fraction of sp³-hybridized carbons (Fsp3) is 0.174. The van der Waals surface area contributed by atoms with Gasteiger partial charge in [0.05, 0.1) is 29.7 Å². The van der Waals surface area contributed by atoms with Gasteiger partial charge in [0.15, 0.2) is 0 Å². The monoisotopic (exact) mass is 474 g/mol. The van der Waals surface area contributed by atoms with E-state index in [-0.39, 0.29) is 22.2 Å². The SMILES string of the molecule is COC1=CCC=c2c(nc(C(F)(F)F)n2-c2ccc(NC(=O)c3ccc(Cl)c(C)c3)nc2)=C1. The van der Waals surface area contributed by atoms with Gasteiger partial charge in [-0.2, -0.15) is 13.2 Å². The van der Waals surface area contributed by atoms with Crippen LogP contribution in [0, 0.1) is 6.92 Å². The Labute approximate surface area is 191 Å². The second-order valence-electron chi connectivity index (χ2n) is 7.25. The van der Waals surface area contributed by atoms with E-state index >= 15 is 0 Å². The lowest BCUT2D eigenvalue weighted by atomic mass is 10.1. The molecule has 0 bridgehead atoms. The first-order valence-corrected chi connectivity index (χ1v) is 10.2. The first kappa shape index (κ1) is 22.6. The standard InChI is InChI=1S/C23H18ClF3N4O2/c1-13-10-14(6-8-17(13)24)21(32)30-20-9-7-15(12-28-20)31-19-5-3-4-16(33-2)11-18(19)29-22(31)23(25,26)27/h4-12H,3H2,1-2H3,(H,28,30,32). The van der Waals surface area contributed by atoms with Crippen molar-refractivity contribution in [3.05, 3.63) is 81.0 Å². The van der Waals surface area contributed by atoms with Crippen molar-refractivity contribution in [2.24, 2.45) is 0 Å². The molecule has 2 heterocycles. The fourth-order valence-corrected chi connectivity index (χ4v) is 3.51. The summed E-state index contributed by atoms with van der Waals surface area (Å²) in [5.41, 5.74) is 1.28. The number of benzene rings is 1. The molecule has 0 unspecified atom stereocenters. The van der Waals surface area contributed by atoms with Crippen LogP contribution in [0.25, 0.3) is 17.8 Å². The number of fused-ring (bicyclic) bond motifs is 1. The Morgan fingerprint density at radius 2 is 2.00 bits per heavy atom. The number of ether oxygens (including phenoxy) is 1. The highest BCUT2D eigenvalue weighted by atomic mass is 35.5. The number of hydrogen-bond donors (Lipinski definition) is 1. The number of nitrogens with zero attached hydrogens (tertiary/aromatic N) is 3. The van der Waals surface area contributed by atoms with Crippen LogP contribution in [0.2, 0.25) is 5.02 Å². The zero-order valence-electron chi connectivity index (χ0n) is 17.6. The number of alkyl halides is 3. The second kappa shape index (κ2) is 8.74. The van der Waals surface area contributed by atoms with Gasteiger partial charge >= 0.3 is 6.18 Å². The van der Waals surface area contributed by atoms with E-state index in [1.54, 1.807) is 37.3 Å². The largest absolute Gasteiger partial charge is 0.497 e. The van der Waals surface area contributed by atoms with Crippen LogP contribution in [0.4, 0.5) is 19.0 Å². The normalized spacial score (nSPS) is 13.2. The zero-order valence-corrected chi connectivity index (χ0v) is 18.3. The molecule has 33 heavy (non-hydrogen) atoms. The number of rotatable bonds is 4. The second-order valence-corrected chi connectivity index (χ2v) is 7.66. The maximum atomic E-state index is 13.8. The van der Waals surface area contributed by atoms with Gasteiger partial charge in [0.2, 0.25) is 5.82 Å². The summed E-state index contributed by atoms with van der Waals surface area (Å²) < 4.78 is 47.4. The van der Waals surface area contributed by atoms with E-state index in [0.29, 0.717) is 22.8 Å². The Balaban J connectivity index is 1.70. The van der Waals surface area contributed by atoms with Crippen molar-refractivity contribution in [1.29, 1.82) is 0 Å². The molecule has 0 radical (unpaired) electrons. The summed E-state index contributed by atoms with van der Waals surface area (Å²) in [6, 6.07) is 7.70. The number of allylic oxidation sites excluding steroid dienone is 2. The van der Waals surface area contributed by atoms with Crippen LogP contribution in [0.15, 0.2) is 48.4 Å². The third kappa shape index (κ3) is 4.63. The molecule has 6 nitrogen and oxygen atoms in total. The number of pyridine rings is 1. The molecule has 1 N–H and O–H groups in total. The summed E-state index contributed by atoms with van der Waals surface area (Å²) >= 11 is 5.99. The van der Waals surface area contributed by atoms with E-state index in [1.807, 2.05) is 0 Å². The maximum Gasteiger partial charge on any atom is 0.450 e. The van der Waals surface area contributed by atoms with Crippen LogP contribution >= 0.6 is 11.6 Å². The molecule has 10 heteroatoms. The average molecular weight is 475 g/mol. The van der Waals surface area contributed by atoms with Crippen molar-refractivity contribution in [3.8, 4) is 5.69 Å². The van der Waals surface area contributed by atoms with Gasteiger partial charge in [-0.05, 0) is 55.3 Å². The predicted octanol–water partition coefficient (Wildman–Crippen LogP) is 4.00. The van der Waals surface area contributed by atoms with E-state index in [1.165, 1.54) is 31.5 Å². The lowest BCUT2D eigenvalue weighted by molar-refractivity contribution is -0.146. The van der Waals surface area contributed by atoms with Gasteiger partial charge in [0, 0.05) is 16.7 Å². The highest BCUT2D eigenvalue weighted by molar-refractivity contribution is 6.31. The van der Waals surface area contributed by atoms with Gasteiger partial charge in [-0.25, -0.2) is 9.97 Å². The van der Waals surface area contributed by atoms with Crippen molar-refractivity contribution in [2.45, 2.75) is 19.5 Å². The van der Waals surface area contributed by atoms with E-state index in [9.17, 15) is 18.0 Å². The summed E-state index contributed by atoms with van der Waals surface area (Å²) in [6.07, 6.45) is 1.78. The topological polar surface area (TPSA) is 69.0 Å². The molecule has 0 saturated carbocycles. The molecule has 2 aromatic heterocycles. The number of aryl methyl sites for hydroxylation is 1. The highest BCUT2D eigenvalue weighted by Crippen LogP contribution is 2.28.